The molecule has 2 aromatic rings. The van der Waals surface area contributed by atoms with Crippen molar-refractivity contribution in [3.05, 3.63) is 40.3 Å². The van der Waals surface area contributed by atoms with Crippen LogP contribution in [-0.2, 0) is 0 Å². The first-order valence-corrected chi connectivity index (χ1v) is 6.04. The Kier molecular flexibility index (Phi) is 4.07. The number of aromatic carboxylic acids is 1. The second kappa shape index (κ2) is 5.94. The summed E-state index contributed by atoms with van der Waals surface area (Å²) in [5.41, 5.74) is 0.789. The number of aromatic nitrogens is 4. The fourth-order valence-corrected chi connectivity index (χ4v) is 1.87. The van der Waals surface area contributed by atoms with Crippen LogP contribution in [0, 0.1) is 11.3 Å². The molecule has 0 radical (unpaired) electrons. The maximum absolute atomic E-state index is 10.9. The monoisotopic (exact) mass is 334 g/mol. The summed E-state index contributed by atoms with van der Waals surface area (Å²) in [4.78, 5) is 10.9. The van der Waals surface area contributed by atoms with Gasteiger partial charge in [0, 0.05) is 16.4 Å². The summed E-state index contributed by atoms with van der Waals surface area (Å²) >= 11 is 3.22. The number of allylic oxidation sites excluding steroid dienone is 1. The molecule has 0 aliphatic rings. The number of tetrazole rings is 1. The number of carbonyl (C=O) groups is 1. The average Bonchev–Trinajstić information content (AvgIpc) is 2.93. The lowest BCUT2D eigenvalue weighted by atomic mass is 10.2. The van der Waals surface area contributed by atoms with Crippen LogP contribution >= 0.6 is 15.9 Å². The van der Waals surface area contributed by atoms with Gasteiger partial charge in [-0.1, -0.05) is 15.9 Å². The second-order valence-corrected chi connectivity index (χ2v) is 4.50. The van der Waals surface area contributed by atoms with E-state index in [1.54, 1.807) is 6.07 Å². The minimum absolute atomic E-state index is 0.119. The number of carboxylic acids is 1. The third-order valence-corrected chi connectivity index (χ3v) is 2.69. The molecule has 1 aromatic carbocycles. The van der Waals surface area contributed by atoms with E-state index in [1.807, 2.05) is 6.07 Å². The molecule has 100 valence electrons. The number of hydrogen-bond acceptors (Lipinski definition) is 6. The Morgan fingerprint density at radius 3 is 2.90 bits per heavy atom. The van der Waals surface area contributed by atoms with Crippen LogP contribution in [0.2, 0.25) is 0 Å². The van der Waals surface area contributed by atoms with Crippen molar-refractivity contribution in [3.63, 3.8) is 0 Å². The molecule has 0 unspecified atom stereocenters. The van der Waals surface area contributed by atoms with Crippen LogP contribution in [0.3, 0.4) is 0 Å². The molecular formula is C11H7BrN6O2. The van der Waals surface area contributed by atoms with Gasteiger partial charge in [-0.3, -0.25) is 0 Å². The van der Waals surface area contributed by atoms with Crippen molar-refractivity contribution in [2.75, 3.05) is 5.32 Å². The summed E-state index contributed by atoms with van der Waals surface area (Å²) in [7, 11) is 0. The predicted octanol–water partition coefficient (Wildman–Crippen LogP) is 1.64. The highest BCUT2D eigenvalue weighted by molar-refractivity contribution is 9.10. The normalized spacial score (nSPS) is 10.9. The second-order valence-electron chi connectivity index (χ2n) is 3.58. The third-order valence-electron chi connectivity index (χ3n) is 2.23. The van der Waals surface area contributed by atoms with E-state index in [1.165, 1.54) is 18.3 Å². The Bertz CT molecular complexity index is 704. The fourth-order valence-electron chi connectivity index (χ4n) is 1.37. The van der Waals surface area contributed by atoms with Crippen molar-refractivity contribution in [2.24, 2.45) is 0 Å². The Balaban J connectivity index is 2.26. The Morgan fingerprint density at radius 1 is 1.50 bits per heavy atom. The van der Waals surface area contributed by atoms with Crippen LogP contribution in [0.5, 0.6) is 0 Å². The molecule has 9 heteroatoms. The van der Waals surface area contributed by atoms with E-state index in [9.17, 15) is 4.79 Å². The largest absolute Gasteiger partial charge is 0.478 e. The van der Waals surface area contributed by atoms with Crippen molar-refractivity contribution in [3.8, 4) is 6.07 Å². The molecule has 0 spiro atoms. The molecule has 0 amide bonds. The number of nitrogens with one attached hydrogen (secondary N) is 2. The zero-order chi connectivity index (χ0) is 14.5. The van der Waals surface area contributed by atoms with Gasteiger partial charge in [0.15, 0.2) is 0 Å². The molecular weight excluding hydrogens is 328 g/mol. The molecule has 1 heterocycles. The van der Waals surface area contributed by atoms with Gasteiger partial charge in [-0.15, -0.1) is 10.2 Å². The zero-order valence-corrected chi connectivity index (χ0v) is 11.4. The molecule has 0 atom stereocenters. The molecule has 8 nitrogen and oxygen atoms in total. The Morgan fingerprint density at radius 2 is 2.30 bits per heavy atom. The van der Waals surface area contributed by atoms with E-state index >= 15 is 0 Å². The maximum Gasteiger partial charge on any atom is 0.335 e. The Labute approximate surface area is 121 Å². The Hall–Kier alpha value is -2.73. The minimum Gasteiger partial charge on any atom is -0.478 e. The van der Waals surface area contributed by atoms with Crippen LogP contribution in [0.4, 0.5) is 5.69 Å². The number of nitriles is 1. The van der Waals surface area contributed by atoms with Gasteiger partial charge in [0.2, 0.25) is 5.82 Å². The van der Waals surface area contributed by atoms with Gasteiger partial charge in [0.1, 0.15) is 11.6 Å². The smallest absolute Gasteiger partial charge is 0.335 e. The van der Waals surface area contributed by atoms with Crippen molar-refractivity contribution in [2.45, 2.75) is 0 Å². The lowest BCUT2D eigenvalue weighted by molar-refractivity contribution is 0.0697. The first kappa shape index (κ1) is 13.7. The highest BCUT2D eigenvalue weighted by Gasteiger charge is 2.07. The van der Waals surface area contributed by atoms with Crippen LogP contribution in [0.15, 0.2) is 28.9 Å². The number of carboxylic acid groups (broad SMARTS) is 1. The van der Waals surface area contributed by atoms with E-state index in [4.69, 9.17) is 10.4 Å². The van der Waals surface area contributed by atoms with Crippen molar-refractivity contribution < 1.29 is 9.90 Å². The number of anilines is 1. The third kappa shape index (κ3) is 3.18. The van der Waals surface area contributed by atoms with Gasteiger partial charge in [0.05, 0.1) is 5.56 Å². The summed E-state index contributed by atoms with van der Waals surface area (Å²) in [6, 6.07) is 6.50. The summed E-state index contributed by atoms with van der Waals surface area (Å²) in [5.74, 6) is -0.898. The van der Waals surface area contributed by atoms with Gasteiger partial charge < -0.3 is 10.4 Å². The maximum atomic E-state index is 10.9. The molecule has 2 rings (SSSR count). The molecule has 0 bridgehead atoms. The van der Waals surface area contributed by atoms with Crippen LogP contribution in [0.25, 0.3) is 5.57 Å². The molecule has 1 aromatic heterocycles. The van der Waals surface area contributed by atoms with Crippen LogP contribution in [-0.4, -0.2) is 31.7 Å². The fraction of sp³-hybridized carbons (Fsp3) is 0. The minimum atomic E-state index is -1.04. The molecule has 0 saturated carbocycles. The number of hydrogen-bond donors (Lipinski definition) is 3. The highest BCUT2D eigenvalue weighted by atomic mass is 79.9. The van der Waals surface area contributed by atoms with E-state index in [-0.39, 0.29) is 17.0 Å². The van der Waals surface area contributed by atoms with Crippen molar-refractivity contribution >= 4 is 33.2 Å². The summed E-state index contributed by atoms with van der Waals surface area (Å²) in [6.45, 7) is 0. The number of halogens is 1. The quantitative estimate of drug-likeness (QED) is 0.725. The van der Waals surface area contributed by atoms with E-state index < -0.39 is 5.97 Å². The summed E-state index contributed by atoms with van der Waals surface area (Å²) in [6.07, 6.45) is 1.37. The molecule has 0 fully saturated rings. The SMILES string of the molecule is N#CC(=CNc1cc(Br)cc(C(=O)O)c1)c1nn[nH]n1. The van der Waals surface area contributed by atoms with Crippen molar-refractivity contribution in [1.29, 1.82) is 5.26 Å². The number of nitrogens with zero attached hydrogens (tertiary/aromatic N) is 4. The standard InChI is InChI=1S/C11H7BrN6O2/c12-8-1-6(11(19)20)2-9(3-8)14-5-7(4-13)10-15-17-18-16-10/h1-3,5,14H,(H,19,20)(H,15,16,17,18). The number of H-pyrrole nitrogens is 1. The van der Waals surface area contributed by atoms with Gasteiger partial charge in [-0.25, -0.2) is 4.79 Å². The average molecular weight is 335 g/mol. The summed E-state index contributed by atoms with van der Waals surface area (Å²) in [5, 5.41) is 33.7. The molecule has 0 aliphatic carbocycles. The first-order chi connectivity index (χ1) is 9.60. The van der Waals surface area contributed by atoms with E-state index in [0.717, 1.165) is 0 Å². The van der Waals surface area contributed by atoms with Gasteiger partial charge in [0.25, 0.3) is 0 Å². The highest BCUT2D eigenvalue weighted by Crippen LogP contribution is 2.20. The molecule has 0 saturated heterocycles. The lowest BCUT2D eigenvalue weighted by Gasteiger charge is -2.04. The molecule has 3 N–H and O–H groups in total. The summed E-state index contributed by atoms with van der Waals surface area (Å²) < 4.78 is 0.603. The number of aromatic amines is 1. The van der Waals surface area contributed by atoms with Gasteiger partial charge >= 0.3 is 5.97 Å². The van der Waals surface area contributed by atoms with Gasteiger partial charge in [-0.2, -0.15) is 10.5 Å². The van der Waals surface area contributed by atoms with Crippen molar-refractivity contribution in [1.82, 2.24) is 20.6 Å². The molecule has 0 aliphatic heterocycles. The first-order valence-electron chi connectivity index (χ1n) is 5.24. The van der Waals surface area contributed by atoms with E-state index in [2.05, 4.69) is 41.9 Å². The number of rotatable bonds is 4. The predicted molar refractivity (Wildman–Crippen MR) is 72.5 cm³/mol. The topological polar surface area (TPSA) is 128 Å². The molecule has 20 heavy (non-hydrogen) atoms. The van der Waals surface area contributed by atoms with E-state index in [0.29, 0.717) is 10.2 Å². The number of benzene rings is 1. The van der Waals surface area contributed by atoms with Crippen LogP contribution < -0.4 is 5.32 Å². The lowest BCUT2D eigenvalue weighted by Crippen LogP contribution is -1.99. The van der Waals surface area contributed by atoms with Crippen LogP contribution in [0.1, 0.15) is 16.2 Å². The van der Waals surface area contributed by atoms with Gasteiger partial charge in [-0.05, 0) is 23.4 Å². The zero-order valence-electron chi connectivity index (χ0n) is 9.83.